The second-order valence-corrected chi connectivity index (χ2v) is 6.49. The summed E-state index contributed by atoms with van der Waals surface area (Å²) in [5, 5.41) is 2.92. The molecule has 2 aromatic carbocycles. The van der Waals surface area contributed by atoms with Crippen LogP contribution in [0.5, 0.6) is 0 Å². The van der Waals surface area contributed by atoms with Crippen LogP contribution in [-0.4, -0.2) is 29.7 Å². The SMILES string of the molecule is Fc1cccc(F)c1CNc1nccc(N2CCOCC2c2ccccc2)n1. The van der Waals surface area contributed by atoms with E-state index >= 15 is 0 Å². The highest BCUT2D eigenvalue weighted by atomic mass is 19.1. The highest BCUT2D eigenvalue weighted by molar-refractivity contribution is 5.46. The number of benzene rings is 2. The summed E-state index contributed by atoms with van der Waals surface area (Å²) in [7, 11) is 0. The van der Waals surface area contributed by atoms with Gasteiger partial charge in [0.05, 0.1) is 19.3 Å². The largest absolute Gasteiger partial charge is 0.377 e. The number of hydrogen-bond donors (Lipinski definition) is 1. The van der Waals surface area contributed by atoms with Crippen LogP contribution in [0.15, 0.2) is 60.8 Å². The van der Waals surface area contributed by atoms with E-state index in [-0.39, 0.29) is 18.2 Å². The van der Waals surface area contributed by atoms with Crippen LogP contribution in [0.1, 0.15) is 17.2 Å². The van der Waals surface area contributed by atoms with Gasteiger partial charge in [0.1, 0.15) is 17.5 Å². The van der Waals surface area contributed by atoms with E-state index in [9.17, 15) is 8.78 Å². The number of ether oxygens (including phenoxy) is 1. The predicted molar refractivity (Wildman–Crippen MR) is 103 cm³/mol. The standard InChI is InChI=1S/C21H20F2N4O/c22-17-7-4-8-18(23)16(17)13-25-21-24-10-9-20(26-21)27-11-12-28-14-19(27)15-5-2-1-3-6-15/h1-10,19H,11-14H2,(H,24,25,26). The van der Waals surface area contributed by atoms with E-state index in [1.54, 1.807) is 6.20 Å². The molecule has 3 aromatic rings. The van der Waals surface area contributed by atoms with Crippen LogP contribution in [0.4, 0.5) is 20.5 Å². The van der Waals surface area contributed by atoms with E-state index in [4.69, 9.17) is 4.74 Å². The molecule has 1 unspecified atom stereocenters. The molecule has 0 spiro atoms. The molecule has 0 radical (unpaired) electrons. The van der Waals surface area contributed by atoms with E-state index in [2.05, 4.69) is 32.3 Å². The Morgan fingerprint density at radius 1 is 1.04 bits per heavy atom. The van der Waals surface area contributed by atoms with E-state index in [1.165, 1.54) is 18.2 Å². The fraction of sp³-hybridized carbons (Fsp3) is 0.238. The average Bonchev–Trinajstić information content (AvgIpc) is 2.74. The predicted octanol–water partition coefficient (Wildman–Crippen LogP) is 3.94. The Hall–Kier alpha value is -3.06. The van der Waals surface area contributed by atoms with Crippen LogP contribution >= 0.6 is 0 Å². The Morgan fingerprint density at radius 2 is 1.82 bits per heavy atom. The van der Waals surface area contributed by atoms with Crippen molar-refractivity contribution < 1.29 is 13.5 Å². The lowest BCUT2D eigenvalue weighted by Gasteiger charge is -2.36. The van der Waals surface area contributed by atoms with Crippen molar-refractivity contribution in [3.8, 4) is 0 Å². The molecule has 2 heterocycles. The van der Waals surface area contributed by atoms with Gasteiger partial charge in [-0.25, -0.2) is 13.8 Å². The number of hydrogen-bond acceptors (Lipinski definition) is 5. The molecule has 1 atom stereocenters. The van der Waals surface area contributed by atoms with Gasteiger partial charge in [-0.3, -0.25) is 0 Å². The maximum Gasteiger partial charge on any atom is 0.224 e. The van der Waals surface area contributed by atoms with E-state index < -0.39 is 11.6 Å². The second kappa shape index (κ2) is 8.31. The number of nitrogens with one attached hydrogen (secondary N) is 1. The van der Waals surface area contributed by atoms with Crippen molar-refractivity contribution in [1.29, 1.82) is 0 Å². The molecule has 0 amide bonds. The summed E-state index contributed by atoms with van der Waals surface area (Å²) >= 11 is 0. The topological polar surface area (TPSA) is 50.3 Å². The summed E-state index contributed by atoms with van der Waals surface area (Å²) in [4.78, 5) is 10.9. The van der Waals surface area contributed by atoms with Gasteiger partial charge in [-0.2, -0.15) is 4.98 Å². The lowest BCUT2D eigenvalue weighted by atomic mass is 10.1. The first-order valence-electron chi connectivity index (χ1n) is 9.11. The van der Waals surface area contributed by atoms with E-state index in [0.717, 1.165) is 11.4 Å². The van der Waals surface area contributed by atoms with Gasteiger partial charge in [-0.1, -0.05) is 36.4 Å². The molecule has 0 aliphatic carbocycles. The minimum absolute atomic E-state index is 0.0345. The van der Waals surface area contributed by atoms with Crippen LogP contribution < -0.4 is 10.2 Å². The molecule has 1 fully saturated rings. The smallest absolute Gasteiger partial charge is 0.224 e. The van der Waals surface area contributed by atoms with Crippen LogP contribution in [0, 0.1) is 11.6 Å². The molecule has 0 saturated carbocycles. The first kappa shape index (κ1) is 18.3. The molecule has 0 bridgehead atoms. The molecular weight excluding hydrogens is 362 g/mol. The van der Waals surface area contributed by atoms with Gasteiger partial charge in [0.15, 0.2) is 0 Å². The zero-order valence-electron chi connectivity index (χ0n) is 15.2. The Kier molecular flexibility index (Phi) is 5.43. The maximum absolute atomic E-state index is 13.8. The van der Waals surface area contributed by atoms with Gasteiger partial charge < -0.3 is 15.0 Å². The Labute approximate surface area is 162 Å². The third kappa shape index (κ3) is 3.94. The van der Waals surface area contributed by atoms with Crippen LogP contribution in [0.25, 0.3) is 0 Å². The molecule has 5 nitrogen and oxygen atoms in total. The third-order valence-corrected chi connectivity index (χ3v) is 4.73. The summed E-state index contributed by atoms with van der Waals surface area (Å²) in [6, 6.07) is 15.8. The van der Waals surface area contributed by atoms with E-state index in [1.807, 2.05) is 24.3 Å². The lowest BCUT2D eigenvalue weighted by Crippen LogP contribution is -2.40. The second-order valence-electron chi connectivity index (χ2n) is 6.49. The Bertz CT molecular complexity index is 918. The van der Waals surface area contributed by atoms with Crippen molar-refractivity contribution in [2.45, 2.75) is 12.6 Å². The quantitative estimate of drug-likeness (QED) is 0.724. The fourth-order valence-electron chi connectivity index (χ4n) is 3.29. The van der Waals surface area contributed by atoms with Crippen molar-refractivity contribution in [3.63, 3.8) is 0 Å². The fourth-order valence-corrected chi connectivity index (χ4v) is 3.29. The Balaban J connectivity index is 1.54. The van der Waals surface area contributed by atoms with Gasteiger partial charge in [-0.15, -0.1) is 0 Å². The minimum atomic E-state index is -0.596. The highest BCUT2D eigenvalue weighted by Crippen LogP contribution is 2.28. The van der Waals surface area contributed by atoms with Gasteiger partial charge in [0.25, 0.3) is 0 Å². The summed E-state index contributed by atoms with van der Waals surface area (Å²) in [5.74, 6) is -0.135. The van der Waals surface area contributed by atoms with Crippen molar-refractivity contribution in [2.24, 2.45) is 0 Å². The minimum Gasteiger partial charge on any atom is -0.377 e. The third-order valence-electron chi connectivity index (χ3n) is 4.73. The molecule has 1 N–H and O–H groups in total. The molecule has 1 aromatic heterocycles. The van der Waals surface area contributed by atoms with Gasteiger partial charge in [0.2, 0.25) is 5.95 Å². The number of aromatic nitrogens is 2. The molecule has 1 aliphatic rings. The van der Waals surface area contributed by atoms with Crippen molar-refractivity contribution in [1.82, 2.24) is 9.97 Å². The van der Waals surface area contributed by atoms with E-state index in [0.29, 0.717) is 25.7 Å². The Morgan fingerprint density at radius 3 is 2.61 bits per heavy atom. The number of halogens is 2. The number of anilines is 2. The lowest BCUT2D eigenvalue weighted by molar-refractivity contribution is 0.0937. The number of nitrogens with zero attached hydrogens (tertiary/aromatic N) is 3. The summed E-state index contributed by atoms with van der Waals surface area (Å²) in [5.41, 5.74) is 1.11. The first-order valence-corrected chi connectivity index (χ1v) is 9.11. The molecule has 28 heavy (non-hydrogen) atoms. The molecule has 144 valence electrons. The van der Waals surface area contributed by atoms with Crippen molar-refractivity contribution in [2.75, 3.05) is 30.0 Å². The number of morpholine rings is 1. The molecule has 4 rings (SSSR count). The van der Waals surface area contributed by atoms with Gasteiger partial charge in [-0.05, 0) is 23.8 Å². The highest BCUT2D eigenvalue weighted by Gasteiger charge is 2.26. The van der Waals surface area contributed by atoms with Gasteiger partial charge in [0, 0.05) is 24.8 Å². The zero-order chi connectivity index (χ0) is 19.3. The summed E-state index contributed by atoms with van der Waals surface area (Å²) < 4.78 is 33.3. The van der Waals surface area contributed by atoms with Crippen LogP contribution in [0.3, 0.4) is 0 Å². The molecule has 1 aliphatic heterocycles. The molecule has 7 heteroatoms. The van der Waals surface area contributed by atoms with Crippen molar-refractivity contribution in [3.05, 3.63) is 83.6 Å². The summed E-state index contributed by atoms with van der Waals surface area (Å²) in [6.45, 7) is 1.83. The maximum atomic E-state index is 13.8. The van der Waals surface area contributed by atoms with Crippen LogP contribution in [-0.2, 0) is 11.3 Å². The zero-order valence-corrected chi connectivity index (χ0v) is 15.2. The first-order chi connectivity index (χ1) is 13.7. The summed E-state index contributed by atoms with van der Waals surface area (Å²) in [6.07, 6.45) is 1.64. The van der Waals surface area contributed by atoms with Crippen LogP contribution in [0.2, 0.25) is 0 Å². The monoisotopic (exact) mass is 382 g/mol. The number of rotatable bonds is 5. The molecular formula is C21H20F2N4O. The van der Waals surface area contributed by atoms with Crippen molar-refractivity contribution >= 4 is 11.8 Å². The molecule has 1 saturated heterocycles. The normalized spacial score (nSPS) is 16.8. The average molecular weight is 382 g/mol. The van der Waals surface area contributed by atoms with Gasteiger partial charge >= 0.3 is 0 Å².